The fraction of sp³-hybridized carbons (Fsp3) is 0.481. The minimum absolute atomic E-state index is 0.0555. The number of nitrogens with one attached hydrogen (secondary N) is 2. The summed E-state index contributed by atoms with van der Waals surface area (Å²) in [5.41, 5.74) is 1.50. The van der Waals surface area contributed by atoms with E-state index in [1.807, 2.05) is 24.1 Å². The van der Waals surface area contributed by atoms with E-state index >= 15 is 0 Å². The molecule has 2 unspecified atom stereocenters. The van der Waals surface area contributed by atoms with Crippen molar-refractivity contribution in [2.24, 2.45) is 0 Å². The second-order valence-electron chi connectivity index (χ2n) is 9.61. The summed E-state index contributed by atoms with van der Waals surface area (Å²) in [6, 6.07) is 11.8. The second-order valence-corrected chi connectivity index (χ2v) is 9.61. The number of benzene rings is 2. The molecule has 2 amide bonds. The average molecular weight is 485 g/mol. The summed E-state index contributed by atoms with van der Waals surface area (Å²) < 4.78 is 26.4. The molecule has 1 heterocycles. The zero-order valence-corrected chi connectivity index (χ0v) is 20.2. The monoisotopic (exact) mass is 484 g/mol. The first-order chi connectivity index (χ1) is 16.9. The number of hydrogen-bond acceptors (Lipinski definition) is 4. The highest BCUT2D eigenvalue weighted by atomic mass is 19.1. The minimum atomic E-state index is -0.608. The van der Waals surface area contributed by atoms with Gasteiger partial charge in [-0.15, -0.1) is 0 Å². The molecule has 6 nitrogen and oxygen atoms in total. The van der Waals surface area contributed by atoms with E-state index in [4.69, 9.17) is 0 Å². The van der Waals surface area contributed by atoms with E-state index in [9.17, 15) is 18.4 Å². The van der Waals surface area contributed by atoms with Crippen LogP contribution in [-0.4, -0.2) is 73.5 Å². The maximum Gasteiger partial charge on any atom is 0.251 e. The van der Waals surface area contributed by atoms with Crippen molar-refractivity contribution < 1.29 is 18.4 Å². The summed E-state index contributed by atoms with van der Waals surface area (Å²) in [5.74, 6) is -0.615. The number of amides is 2. The van der Waals surface area contributed by atoms with Crippen LogP contribution in [-0.2, 0) is 4.79 Å². The van der Waals surface area contributed by atoms with Crippen LogP contribution in [0.4, 0.5) is 8.78 Å². The Kier molecular flexibility index (Phi) is 8.46. The molecule has 2 aliphatic rings. The number of unbranched alkanes of at least 4 members (excludes halogenated alkanes) is 1. The molecule has 188 valence electrons. The van der Waals surface area contributed by atoms with E-state index < -0.39 is 11.9 Å². The zero-order valence-electron chi connectivity index (χ0n) is 20.2. The van der Waals surface area contributed by atoms with Crippen LogP contribution in [0.25, 0.3) is 0 Å². The number of rotatable bonds is 10. The fourth-order valence-corrected chi connectivity index (χ4v) is 4.61. The third kappa shape index (κ3) is 7.08. The number of nitrogens with zero attached hydrogens (tertiary/aromatic N) is 2. The Hall–Kier alpha value is -2.84. The third-order valence-electron chi connectivity index (χ3n) is 6.94. The van der Waals surface area contributed by atoms with Crippen molar-refractivity contribution in [3.8, 4) is 0 Å². The first-order valence-electron chi connectivity index (χ1n) is 12.4. The van der Waals surface area contributed by atoms with Gasteiger partial charge in [0.25, 0.3) is 5.91 Å². The lowest BCUT2D eigenvalue weighted by Gasteiger charge is -2.34. The summed E-state index contributed by atoms with van der Waals surface area (Å²) in [7, 11) is 2.03. The van der Waals surface area contributed by atoms with Crippen molar-refractivity contribution in [1.82, 2.24) is 20.4 Å². The van der Waals surface area contributed by atoms with Gasteiger partial charge in [-0.1, -0.05) is 12.1 Å². The number of piperazine rings is 1. The van der Waals surface area contributed by atoms with Gasteiger partial charge in [0.1, 0.15) is 17.7 Å². The Labute approximate surface area is 205 Å². The van der Waals surface area contributed by atoms with Gasteiger partial charge >= 0.3 is 0 Å². The largest absolute Gasteiger partial charge is 0.340 e. The highest BCUT2D eigenvalue weighted by molar-refractivity contribution is 5.97. The molecular formula is C27H34F2N4O2. The quantitative estimate of drug-likeness (QED) is 0.509. The number of carbonyl (C=O) groups is 2. The van der Waals surface area contributed by atoms with Crippen molar-refractivity contribution in [3.05, 3.63) is 71.3 Å². The van der Waals surface area contributed by atoms with Crippen LogP contribution in [0.1, 0.15) is 47.5 Å². The molecule has 35 heavy (non-hydrogen) atoms. The van der Waals surface area contributed by atoms with E-state index in [-0.39, 0.29) is 17.6 Å². The topological polar surface area (TPSA) is 64.7 Å². The lowest BCUT2D eigenvalue weighted by Crippen LogP contribution is -2.54. The average Bonchev–Trinajstić information content (AvgIpc) is 3.63. The predicted octanol–water partition coefficient (Wildman–Crippen LogP) is 3.15. The Morgan fingerprint density at radius 2 is 1.57 bits per heavy atom. The number of carbonyl (C=O) groups excluding carboxylic acids is 2. The molecule has 0 bridgehead atoms. The van der Waals surface area contributed by atoms with Crippen LogP contribution in [0.3, 0.4) is 0 Å². The number of likely N-dealkylation sites (N-methyl/N-ethyl adjacent to an activating group) is 1. The molecule has 0 aromatic heterocycles. The summed E-state index contributed by atoms with van der Waals surface area (Å²) in [6.07, 6.45) is 3.26. The Balaban J connectivity index is 1.26. The van der Waals surface area contributed by atoms with E-state index in [1.54, 1.807) is 0 Å². The van der Waals surface area contributed by atoms with Crippen molar-refractivity contribution in [3.63, 3.8) is 0 Å². The number of halogens is 2. The SMILES string of the molecule is CN1CCN(C(=O)[C@H](CCCCNC2CC2c2ccc(F)cc2)NC(=O)c2ccc(F)cc2)CC1. The van der Waals surface area contributed by atoms with Gasteiger partial charge in [0.15, 0.2) is 0 Å². The molecular weight excluding hydrogens is 450 g/mol. The van der Waals surface area contributed by atoms with Gasteiger partial charge in [-0.3, -0.25) is 9.59 Å². The van der Waals surface area contributed by atoms with Crippen molar-refractivity contribution in [2.45, 2.75) is 43.7 Å². The van der Waals surface area contributed by atoms with Gasteiger partial charge in [0.2, 0.25) is 5.91 Å². The molecule has 1 saturated carbocycles. The molecule has 1 aliphatic heterocycles. The summed E-state index contributed by atoms with van der Waals surface area (Å²) in [5, 5.41) is 6.43. The van der Waals surface area contributed by atoms with Gasteiger partial charge in [-0.25, -0.2) is 8.78 Å². The van der Waals surface area contributed by atoms with E-state index in [2.05, 4.69) is 15.5 Å². The second kappa shape index (κ2) is 11.7. The van der Waals surface area contributed by atoms with E-state index in [0.29, 0.717) is 37.0 Å². The molecule has 2 fully saturated rings. The molecule has 4 rings (SSSR count). The predicted molar refractivity (Wildman–Crippen MR) is 131 cm³/mol. The first kappa shape index (κ1) is 25.3. The highest BCUT2D eigenvalue weighted by Gasteiger charge is 2.37. The van der Waals surface area contributed by atoms with Crippen molar-refractivity contribution in [1.29, 1.82) is 0 Å². The van der Waals surface area contributed by atoms with Gasteiger partial charge in [-0.2, -0.15) is 0 Å². The van der Waals surface area contributed by atoms with Gasteiger partial charge in [-0.05, 0) is 81.2 Å². The van der Waals surface area contributed by atoms with Crippen LogP contribution < -0.4 is 10.6 Å². The smallest absolute Gasteiger partial charge is 0.251 e. The standard InChI is InChI=1S/C27H34F2N4O2/c1-32-14-16-33(17-15-32)27(35)24(31-26(34)20-7-11-22(29)12-8-20)4-2-3-13-30-25-18-23(25)19-5-9-21(28)10-6-19/h5-12,23-25,30H,2-4,13-18H2,1H3,(H,31,34)/t23?,24-,25?/m0/s1. The summed E-state index contributed by atoms with van der Waals surface area (Å²) in [4.78, 5) is 30.0. The molecule has 2 aromatic carbocycles. The lowest BCUT2D eigenvalue weighted by molar-refractivity contribution is -0.135. The van der Waals surface area contributed by atoms with Gasteiger partial charge in [0.05, 0.1) is 0 Å². The summed E-state index contributed by atoms with van der Waals surface area (Å²) in [6.45, 7) is 3.73. The first-order valence-corrected chi connectivity index (χ1v) is 12.4. The van der Waals surface area contributed by atoms with Crippen LogP contribution in [0.15, 0.2) is 48.5 Å². The Morgan fingerprint density at radius 1 is 0.943 bits per heavy atom. The van der Waals surface area contributed by atoms with E-state index in [1.165, 1.54) is 36.4 Å². The van der Waals surface area contributed by atoms with Crippen molar-refractivity contribution >= 4 is 11.8 Å². The lowest BCUT2D eigenvalue weighted by atomic mass is 10.1. The Bertz CT molecular complexity index is 991. The summed E-state index contributed by atoms with van der Waals surface area (Å²) >= 11 is 0. The van der Waals surface area contributed by atoms with E-state index in [0.717, 1.165) is 44.5 Å². The molecule has 2 aromatic rings. The Morgan fingerprint density at radius 3 is 2.23 bits per heavy atom. The van der Waals surface area contributed by atoms with Crippen LogP contribution in [0.5, 0.6) is 0 Å². The fourth-order valence-electron chi connectivity index (χ4n) is 4.61. The molecule has 3 atom stereocenters. The van der Waals surface area contributed by atoms with Gasteiger partial charge < -0.3 is 20.4 Å². The molecule has 1 saturated heterocycles. The van der Waals surface area contributed by atoms with Crippen LogP contribution >= 0.6 is 0 Å². The highest BCUT2D eigenvalue weighted by Crippen LogP contribution is 2.40. The molecule has 0 radical (unpaired) electrons. The van der Waals surface area contributed by atoms with Gasteiger partial charge in [0, 0.05) is 43.7 Å². The third-order valence-corrected chi connectivity index (χ3v) is 6.94. The number of hydrogen-bond donors (Lipinski definition) is 2. The minimum Gasteiger partial charge on any atom is -0.340 e. The maximum atomic E-state index is 13.2. The molecule has 1 aliphatic carbocycles. The molecule has 0 spiro atoms. The van der Waals surface area contributed by atoms with Crippen molar-refractivity contribution in [2.75, 3.05) is 39.8 Å². The molecule has 2 N–H and O–H groups in total. The normalized spacial score (nSPS) is 20.9. The maximum absolute atomic E-state index is 13.2. The zero-order chi connectivity index (χ0) is 24.8. The van der Waals surface area contributed by atoms with Crippen LogP contribution in [0, 0.1) is 11.6 Å². The molecule has 8 heteroatoms. The van der Waals surface area contributed by atoms with Crippen LogP contribution in [0.2, 0.25) is 0 Å².